The normalized spacial score (nSPS) is 15.6. The average Bonchev–Trinajstić information content (AvgIpc) is 2.68. The van der Waals surface area contributed by atoms with Gasteiger partial charge in [0.05, 0.1) is 30.0 Å². The summed E-state index contributed by atoms with van der Waals surface area (Å²) < 4.78 is 11.5. The molecule has 112 valence electrons. The second-order valence-corrected chi connectivity index (χ2v) is 6.40. The Labute approximate surface area is 129 Å². The maximum atomic E-state index is 5.79. The molecule has 4 nitrogen and oxygen atoms in total. The van der Waals surface area contributed by atoms with E-state index in [1.165, 1.54) is 10.4 Å². The Balaban J connectivity index is 1.98. The van der Waals surface area contributed by atoms with Crippen LogP contribution < -0.4 is 14.8 Å². The van der Waals surface area contributed by atoms with Crippen molar-refractivity contribution in [1.82, 2.24) is 10.3 Å². The Morgan fingerprint density at radius 1 is 1.19 bits per heavy atom. The molecule has 0 amide bonds. The van der Waals surface area contributed by atoms with Crippen molar-refractivity contribution in [3.63, 3.8) is 0 Å². The van der Waals surface area contributed by atoms with E-state index in [1.54, 1.807) is 11.3 Å². The lowest BCUT2D eigenvalue weighted by Crippen LogP contribution is -2.17. The van der Waals surface area contributed by atoms with Gasteiger partial charge in [-0.1, -0.05) is 6.07 Å². The summed E-state index contributed by atoms with van der Waals surface area (Å²) in [6, 6.07) is 6.32. The van der Waals surface area contributed by atoms with Gasteiger partial charge in [-0.2, -0.15) is 0 Å². The van der Waals surface area contributed by atoms with Crippen molar-refractivity contribution in [3.8, 4) is 11.5 Å². The fourth-order valence-corrected chi connectivity index (χ4v) is 3.69. The Morgan fingerprint density at radius 3 is 2.62 bits per heavy atom. The lowest BCUT2D eigenvalue weighted by atomic mass is 10.0. The molecule has 5 heteroatoms. The monoisotopic (exact) mass is 304 g/mol. The summed E-state index contributed by atoms with van der Waals surface area (Å²) in [6.45, 7) is 5.53. The molecule has 3 rings (SSSR count). The minimum Gasteiger partial charge on any atom is -0.490 e. The van der Waals surface area contributed by atoms with Crippen molar-refractivity contribution in [2.24, 2.45) is 0 Å². The molecule has 1 aromatic carbocycles. The molecule has 0 saturated carbocycles. The molecule has 0 radical (unpaired) electrons. The van der Waals surface area contributed by atoms with Crippen LogP contribution in [0, 0.1) is 13.8 Å². The van der Waals surface area contributed by atoms with E-state index in [1.807, 2.05) is 20.0 Å². The van der Waals surface area contributed by atoms with Crippen LogP contribution in [0.5, 0.6) is 11.5 Å². The van der Waals surface area contributed by atoms with Crippen LogP contribution >= 0.6 is 11.3 Å². The first-order chi connectivity index (χ1) is 10.2. The minimum absolute atomic E-state index is 0.133. The second kappa shape index (κ2) is 6.03. The van der Waals surface area contributed by atoms with Gasteiger partial charge < -0.3 is 14.8 Å². The quantitative estimate of drug-likeness (QED) is 0.945. The predicted octanol–water partition coefficient (Wildman–Crippen LogP) is 3.23. The van der Waals surface area contributed by atoms with Crippen LogP contribution in [0.3, 0.4) is 0 Å². The molecule has 1 N–H and O–H groups in total. The van der Waals surface area contributed by atoms with Crippen molar-refractivity contribution in [3.05, 3.63) is 39.3 Å². The average molecular weight is 304 g/mol. The number of thiazole rings is 1. The smallest absolute Gasteiger partial charge is 0.161 e. The van der Waals surface area contributed by atoms with Crippen molar-refractivity contribution in [2.45, 2.75) is 26.3 Å². The number of rotatable bonds is 3. The van der Waals surface area contributed by atoms with Crippen LogP contribution in [0.4, 0.5) is 0 Å². The fourth-order valence-electron chi connectivity index (χ4n) is 2.62. The number of hydrogen-bond acceptors (Lipinski definition) is 5. The lowest BCUT2D eigenvalue weighted by Gasteiger charge is -2.17. The summed E-state index contributed by atoms with van der Waals surface area (Å²) in [4.78, 5) is 5.78. The van der Waals surface area contributed by atoms with Crippen LogP contribution in [0.25, 0.3) is 0 Å². The van der Waals surface area contributed by atoms with Crippen molar-refractivity contribution in [2.75, 3.05) is 20.3 Å². The molecule has 0 fully saturated rings. The highest BCUT2D eigenvalue weighted by molar-refractivity contribution is 7.11. The molecule has 0 bridgehead atoms. The van der Waals surface area contributed by atoms with Gasteiger partial charge >= 0.3 is 0 Å². The van der Waals surface area contributed by atoms with Crippen LogP contribution in [0.1, 0.15) is 33.6 Å². The molecule has 0 saturated heterocycles. The number of nitrogens with zero attached hydrogens (tertiary/aromatic N) is 1. The molecule has 0 spiro atoms. The number of ether oxygens (including phenoxy) is 2. The first-order valence-corrected chi connectivity index (χ1v) is 8.01. The van der Waals surface area contributed by atoms with Crippen LogP contribution in [-0.2, 0) is 0 Å². The highest BCUT2D eigenvalue weighted by Crippen LogP contribution is 2.36. The molecule has 1 atom stereocenters. The third kappa shape index (κ3) is 2.89. The Kier molecular flexibility index (Phi) is 4.12. The second-order valence-electron chi connectivity index (χ2n) is 5.16. The van der Waals surface area contributed by atoms with Crippen molar-refractivity contribution in [1.29, 1.82) is 0 Å². The van der Waals surface area contributed by atoms with E-state index in [0.717, 1.165) is 35.2 Å². The molecular formula is C16H20N2O2S. The SMILES string of the molecule is CNC(c1ccc2c(c1)OCCCO2)c1sc(C)nc1C. The number of hydrogen-bond donors (Lipinski definition) is 1. The molecule has 1 aliphatic rings. The maximum absolute atomic E-state index is 5.79. The van der Waals surface area contributed by atoms with Gasteiger partial charge in [0.2, 0.25) is 0 Å². The van der Waals surface area contributed by atoms with E-state index < -0.39 is 0 Å². The van der Waals surface area contributed by atoms with E-state index in [4.69, 9.17) is 9.47 Å². The summed E-state index contributed by atoms with van der Waals surface area (Å²) in [5.41, 5.74) is 2.26. The van der Waals surface area contributed by atoms with Crippen LogP contribution in [0.15, 0.2) is 18.2 Å². The molecule has 2 aromatic rings. The third-order valence-electron chi connectivity index (χ3n) is 3.60. The van der Waals surface area contributed by atoms with Gasteiger partial charge in [-0.05, 0) is 38.6 Å². The third-order valence-corrected chi connectivity index (χ3v) is 4.73. The summed E-state index contributed by atoms with van der Waals surface area (Å²) in [7, 11) is 1.97. The minimum atomic E-state index is 0.133. The number of aryl methyl sites for hydroxylation is 2. The van der Waals surface area contributed by atoms with Gasteiger partial charge in [0.25, 0.3) is 0 Å². The van der Waals surface area contributed by atoms with E-state index >= 15 is 0 Å². The van der Waals surface area contributed by atoms with E-state index in [2.05, 4.69) is 29.4 Å². The summed E-state index contributed by atoms with van der Waals surface area (Å²) in [5, 5.41) is 4.48. The molecule has 0 aliphatic carbocycles. The summed E-state index contributed by atoms with van der Waals surface area (Å²) in [5.74, 6) is 1.67. The highest BCUT2D eigenvalue weighted by Gasteiger charge is 2.20. The van der Waals surface area contributed by atoms with Gasteiger partial charge in [0.1, 0.15) is 0 Å². The van der Waals surface area contributed by atoms with Gasteiger partial charge in [-0.15, -0.1) is 11.3 Å². The van der Waals surface area contributed by atoms with Crippen LogP contribution in [-0.4, -0.2) is 25.2 Å². The Hall–Kier alpha value is -1.59. The van der Waals surface area contributed by atoms with Crippen molar-refractivity contribution >= 4 is 11.3 Å². The zero-order valence-corrected chi connectivity index (χ0v) is 13.4. The molecule has 1 unspecified atom stereocenters. The number of fused-ring (bicyclic) bond motifs is 1. The maximum Gasteiger partial charge on any atom is 0.161 e. The number of benzene rings is 1. The zero-order valence-electron chi connectivity index (χ0n) is 12.6. The number of nitrogens with one attached hydrogen (secondary N) is 1. The topological polar surface area (TPSA) is 43.4 Å². The Bertz CT molecular complexity index is 639. The molecule has 1 aliphatic heterocycles. The number of aromatic nitrogens is 1. The molecule has 2 heterocycles. The fraction of sp³-hybridized carbons (Fsp3) is 0.438. The first-order valence-electron chi connectivity index (χ1n) is 7.20. The van der Waals surface area contributed by atoms with E-state index in [0.29, 0.717) is 6.61 Å². The highest BCUT2D eigenvalue weighted by atomic mass is 32.1. The standard InChI is InChI=1S/C16H20N2O2S/c1-10-16(21-11(2)18-10)15(17-3)12-5-6-13-14(9-12)20-8-4-7-19-13/h5-6,9,15,17H,4,7-8H2,1-3H3. The summed E-state index contributed by atoms with van der Waals surface area (Å²) in [6.07, 6.45) is 0.923. The van der Waals surface area contributed by atoms with Crippen LogP contribution in [0.2, 0.25) is 0 Å². The zero-order chi connectivity index (χ0) is 14.8. The van der Waals surface area contributed by atoms with E-state index in [9.17, 15) is 0 Å². The van der Waals surface area contributed by atoms with Gasteiger partial charge in [-0.25, -0.2) is 4.98 Å². The largest absolute Gasteiger partial charge is 0.490 e. The predicted molar refractivity (Wildman–Crippen MR) is 84.5 cm³/mol. The molecule has 1 aromatic heterocycles. The molecule has 21 heavy (non-hydrogen) atoms. The first kappa shape index (κ1) is 14.4. The van der Waals surface area contributed by atoms with Gasteiger partial charge in [0.15, 0.2) is 11.5 Å². The molecular weight excluding hydrogens is 284 g/mol. The lowest BCUT2D eigenvalue weighted by molar-refractivity contribution is 0.297. The summed E-state index contributed by atoms with van der Waals surface area (Å²) >= 11 is 1.74. The van der Waals surface area contributed by atoms with E-state index in [-0.39, 0.29) is 6.04 Å². The van der Waals surface area contributed by atoms with Crippen molar-refractivity contribution < 1.29 is 9.47 Å². The van der Waals surface area contributed by atoms with Gasteiger partial charge in [-0.3, -0.25) is 0 Å². The Morgan fingerprint density at radius 2 is 1.95 bits per heavy atom. The van der Waals surface area contributed by atoms with Gasteiger partial charge in [0, 0.05) is 11.3 Å².